The van der Waals surface area contributed by atoms with E-state index in [1.54, 1.807) is 29.7 Å². The van der Waals surface area contributed by atoms with Crippen molar-refractivity contribution in [2.75, 3.05) is 0 Å². The summed E-state index contributed by atoms with van der Waals surface area (Å²) in [5, 5.41) is 15.9. The number of hydroxylamine groups is 1. The van der Waals surface area contributed by atoms with Crippen molar-refractivity contribution >= 4 is 41.8 Å². The molecule has 3 amide bonds. The molecule has 2 heterocycles. The number of fused-ring (bicyclic) bond motifs is 1. The van der Waals surface area contributed by atoms with E-state index in [9.17, 15) is 14.4 Å². The third-order valence-electron chi connectivity index (χ3n) is 10.6. The minimum atomic E-state index is -0.879. The standard InChI is InChI=1S/C36H45BN4O6/c1-21(2)16-30(37-46-32-27-18-25(35(27,3)4)19-36(32,5)47-37)40-34(44)29(17-24-20-38-28-9-7-6-8-26(24)28)39-33(43)23-13-10-22(11-14-23)12-15-31(42)41-45/h6-15,20-21,25,27,29-30,32,38,45H,16-19H2,1-5H3,(H,39,43)(H,40,44)(H,41,42)/b15-12+/t25-,27+,29+,30+,32?,36+/m1/s1. The number of carbonyl (C=O) groups excluding carboxylic acids is 3. The van der Waals surface area contributed by atoms with Gasteiger partial charge in [-0.05, 0) is 84.8 Å². The van der Waals surface area contributed by atoms with Gasteiger partial charge in [0.1, 0.15) is 6.04 Å². The molecule has 3 saturated carbocycles. The molecule has 1 aromatic heterocycles. The zero-order chi connectivity index (χ0) is 33.5. The molecule has 1 unspecified atom stereocenters. The van der Waals surface area contributed by atoms with Gasteiger partial charge in [-0.2, -0.15) is 0 Å². The van der Waals surface area contributed by atoms with Crippen molar-refractivity contribution in [2.24, 2.45) is 23.2 Å². The molecule has 4 aliphatic rings. The van der Waals surface area contributed by atoms with E-state index in [1.807, 2.05) is 30.5 Å². The number of aromatic nitrogens is 1. The fraction of sp³-hybridized carbons (Fsp3) is 0.472. The summed E-state index contributed by atoms with van der Waals surface area (Å²) in [5.41, 5.74) is 4.28. The van der Waals surface area contributed by atoms with Gasteiger partial charge in [-0.3, -0.25) is 19.6 Å². The molecule has 4 fully saturated rings. The summed E-state index contributed by atoms with van der Waals surface area (Å²) in [6.07, 6.45) is 7.60. The summed E-state index contributed by atoms with van der Waals surface area (Å²) >= 11 is 0. The van der Waals surface area contributed by atoms with Crippen LogP contribution in [0.25, 0.3) is 17.0 Å². The molecule has 11 heteroatoms. The van der Waals surface area contributed by atoms with Gasteiger partial charge in [0.25, 0.3) is 11.8 Å². The SMILES string of the molecule is CC(C)C[C@H](NC(=O)[C@H](Cc1c[nH]c2ccccc12)NC(=O)c1ccc(/C=C/C(=O)NO)cc1)B1OC2[C@@H]3C[C@H](C[C@]2(C)O1)C3(C)C. The van der Waals surface area contributed by atoms with E-state index >= 15 is 0 Å². The maximum Gasteiger partial charge on any atom is 0.481 e. The summed E-state index contributed by atoms with van der Waals surface area (Å²) in [7, 11) is -0.579. The lowest BCUT2D eigenvalue weighted by Crippen LogP contribution is -2.63. The maximum atomic E-state index is 14.2. The van der Waals surface area contributed by atoms with E-state index in [4.69, 9.17) is 14.5 Å². The van der Waals surface area contributed by atoms with Crippen molar-refractivity contribution in [1.29, 1.82) is 0 Å². The van der Waals surface area contributed by atoms with Crippen molar-refractivity contribution in [3.63, 3.8) is 0 Å². The molecule has 0 spiro atoms. The van der Waals surface area contributed by atoms with Crippen LogP contribution in [-0.4, -0.2) is 58.7 Å². The van der Waals surface area contributed by atoms with Crippen LogP contribution in [0.1, 0.15) is 75.4 Å². The maximum absolute atomic E-state index is 14.2. The Morgan fingerprint density at radius 2 is 1.83 bits per heavy atom. The average molecular weight is 641 g/mol. The summed E-state index contributed by atoms with van der Waals surface area (Å²) in [6.45, 7) is 11.0. The zero-order valence-corrected chi connectivity index (χ0v) is 27.7. The van der Waals surface area contributed by atoms with Crippen molar-refractivity contribution in [1.82, 2.24) is 21.1 Å². The van der Waals surface area contributed by atoms with Crippen LogP contribution in [-0.2, 0) is 25.3 Å². The Morgan fingerprint density at radius 1 is 1.09 bits per heavy atom. The molecule has 1 saturated heterocycles. The molecule has 47 heavy (non-hydrogen) atoms. The summed E-state index contributed by atoms with van der Waals surface area (Å²) in [6, 6.07) is 13.6. The molecule has 6 atom stereocenters. The molecule has 7 rings (SSSR count). The normalized spacial score (nSPS) is 25.7. The number of hydrogen-bond donors (Lipinski definition) is 5. The van der Waals surface area contributed by atoms with Gasteiger partial charge >= 0.3 is 7.12 Å². The number of nitrogens with one attached hydrogen (secondary N) is 4. The van der Waals surface area contributed by atoms with Crippen LogP contribution in [0.3, 0.4) is 0 Å². The molecule has 2 aromatic carbocycles. The van der Waals surface area contributed by atoms with Gasteiger partial charge in [0.15, 0.2) is 0 Å². The predicted molar refractivity (Wildman–Crippen MR) is 180 cm³/mol. The summed E-state index contributed by atoms with van der Waals surface area (Å²) in [4.78, 5) is 42.4. The van der Waals surface area contributed by atoms with Crippen LogP contribution in [0.15, 0.2) is 60.8 Å². The Balaban J connectivity index is 1.22. The van der Waals surface area contributed by atoms with Crippen molar-refractivity contribution in [2.45, 2.75) is 84.0 Å². The van der Waals surface area contributed by atoms with E-state index in [-0.39, 0.29) is 35.4 Å². The van der Waals surface area contributed by atoms with E-state index in [1.165, 1.54) is 12.2 Å². The molecular weight excluding hydrogens is 595 g/mol. The second-order valence-corrected chi connectivity index (χ2v) is 14.7. The minimum Gasteiger partial charge on any atom is -0.404 e. The highest BCUT2D eigenvalue weighted by Gasteiger charge is 2.67. The van der Waals surface area contributed by atoms with Crippen LogP contribution in [0.5, 0.6) is 0 Å². The molecule has 5 N–H and O–H groups in total. The van der Waals surface area contributed by atoms with Crippen molar-refractivity contribution < 1.29 is 28.9 Å². The summed E-state index contributed by atoms with van der Waals surface area (Å²) < 4.78 is 13.4. The fourth-order valence-electron chi connectivity index (χ4n) is 7.87. The Morgan fingerprint density at radius 3 is 2.53 bits per heavy atom. The fourth-order valence-corrected chi connectivity index (χ4v) is 7.87. The number of hydrogen-bond acceptors (Lipinski definition) is 6. The molecule has 0 radical (unpaired) electrons. The molecule has 3 aliphatic carbocycles. The lowest BCUT2D eigenvalue weighted by Gasteiger charge is -2.63. The Bertz CT molecular complexity index is 1670. The van der Waals surface area contributed by atoms with Crippen LogP contribution in [0.2, 0.25) is 0 Å². The van der Waals surface area contributed by atoms with E-state index in [2.05, 4.69) is 50.2 Å². The number of rotatable bonds is 11. The van der Waals surface area contributed by atoms with E-state index in [0.717, 1.165) is 29.3 Å². The third-order valence-corrected chi connectivity index (χ3v) is 10.6. The summed E-state index contributed by atoms with van der Waals surface area (Å²) in [5.74, 6) is -0.454. The number of aromatic amines is 1. The lowest BCUT2D eigenvalue weighted by atomic mass is 9.45. The molecule has 2 bridgehead atoms. The Kier molecular flexibility index (Phi) is 9.08. The quantitative estimate of drug-likeness (QED) is 0.0881. The molecular formula is C36H45BN4O6. The lowest BCUT2D eigenvalue weighted by molar-refractivity contribution is -0.185. The second-order valence-electron chi connectivity index (χ2n) is 14.7. The Hall–Kier alpha value is -3.93. The van der Waals surface area contributed by atoms with Gasteiger partial charge in [0.05, 0.1) is 17.6 Å². The largest absolute Gasteiger partial charge is 0.481 e. The first-order chi connectivity index (χ1) is 22.4. The van der Waals surface area contributed by atoms with Crippen LogP contribution < -0.4 is 16.1 Å². The minimum absolute atomic E-state index is 0.0170. The number of carbonyl (C=O) groups is 3. The number of H-pyrrole nitrogens is 1. The number of benzene rings is 2. The average Bonchev–Trinajstić information content (AvgIpc) is 3.63. The monoisotopic (exact) mass is 640 g/mol. The predicted octanol–water partition coefficient (Wildman–Crippen LogP) is 4.83. The van der Waals surface area contributed by atoms with Gasteiger partial charge in [0, 0.05) is 35.2 Å². The Labute approximate surface area is 276 Å². The van der Waals surface area contributed by atoms with Gasteiger partial charge in [-0.25, -0.2) is 5.48 Å². The van der Waals surface area contributed by atoms with Gasteiger partial charge in [-0.15, -0.1) is 0 Å². The highest BCUT2D eigenvalue weighted by atomic mass is 16.7. The van der Waals surface area contributed by atoms with E-state index < -0.39 is 30.9 Å². The molecule has 1 aliphatic heterocycles. The first-order valence-electron chi connectivity index (χ1n) is 16.6. The first-order valence-corrected chi connectivity index (χ1v) is 16.6. The zero-order valence-electron chi connectivity index (χ0n) is 27.7. The topological polar surface area (TPSA) is 142 Å². The van der Waals surface area contributed by atoms with Crippen LogP contribution >= 0.6 is 0 Å². The number of para-hydroxylation sites is 1. The first kappa shape index (κ1) is 33.0. The van der Waals surface area contributed by atoms with Gasteiger partial charge in [0.2, 0.25) is 5.91 Å². The number of amides is 3. The molecule has 248 valence electrons. The van der Waals surface area contributed by atoms with Crippen LogP contribution in [0.4, 0.5) is 0 Å². The molecule has 10 nitrogen and oxygen atoms in total. The van der Waals surface area contributed by atoms with Crippen molar-refractivity contribution in [3.05, 3.63) is 77.5 Å². The second kappa shape index (κ2) is 12.9. The van der Waals surface area contributed by atoms with Gasteiger partial charge in [-0.1, -0.05) is 58.0 Å². The van der Waals surface area contributed by atoms with Crippen molar-refractivity contribution in [3.8, 4) is 0 Å². The highest BCUT2D eigenvalue weighted by Crippen LogP contribution is 2.64. The molecule has 3 aromatic rings. The van der Waals surface area contributed by atoms with E-state index in [0.29, 0.717) is 29.4 Å². The van der Waals surface area contributed by atoms with Crippen LogP contribution in [0, 0.1) is 23.2 Å². The highest BCUT2D eigenvalue weighted by molar-refractivity contribution is 6.48. The smallest absolute Gasteiger partial charge is 0.404 e. The third kappa shape index (κ3) is 6.61. The van der Waals surface area contributed by atoms with Gasteiger partial charge < -0.3 is 24.9 Å².